The van der Waals surface area contributed by atoms with Crippen LogP contribution >= 0.6 is 0 Å². The number of aryl methyl sites for hydroxylation is 1. The summed E-state index contributed by atoms with van der Waals surface area (Å²) in [6.07, 6.45) is 4.85. The highest BCUT2D eigenvalue weighted by molar-refractivity contribution is 5.94. The monoisotopic (exact) mass is 336 g/mol. The molecule has 0 N–H and O–H groups in total. The fourth-order valence-electron chi connectivity index (χ4n) is 3.38. The summed E-state index contributed by atoms with van der Waals surface area (Å²) in [6, 6.07) is 18.6. The van der Waals surface area contributed by atoms with Crippen LogP contribution in [0.5, 0.6) is 0 Å². The molecular weight excluding hydrogens is 308 g/mol. The third-order valence-electron chi connectivity index (χ3n) is 4.96. The van der Waals surface area contributed by atoms with Crippen molar-refractivity contribution in [3.8, 4) is 0 Å². The Balaban J connectivity index is 1.53. The Labute approximate surface area is 151 Å². The van der Waals surface area contributed by atoms with E-state index in [4.69, 9.17) is 0 Å². The zero-order chi connectivity index (χ0) is 17.5. The van der Waals surface area contributed by atoms with E-state index < -0.39 is 0 Å². The van der Waals surface area contributed by atoms with Crippen molar-refractivity contribution in [1.82, 2.24) is 4.90 Å². The molecule has 3 rings (SSSR count). The molecule has 25 heavy (non-hydrogen) atoms. The lowest BCUT2D eigenvalue weighted by molar-refractivity contribution is 0.0747. The number of rotatable bonds is 6. The van der Waals surface area contributed by atoms with Gasteiger partial charge < -0.3 is 9.80 Å². The summed E-state index contributed by atoms with van der Waals surface area (Å²) in [4.78, 5) is 17.0. The van der Waals surface area contributed by atoms with Gasteiger partial charge in [0.15, 0.2) is 0 Å². The molecule has 1 saturated heterocycles. The molecule has 2 aromatic rings. The number of amides is 1. The lowest BCUT2D eigenvalue weighted by atomic mass is 10.0. The summed E-state index contributed by atoms with van der Waals surface area (Å²) in [5, 5.41) is 0. The van der Waals surface area contributed by atoms with Gasteiger partial charge in [0.05, 0.1) is 0 Å². The highest BCUT2D eigenvalue weighted by atomic mass is 16.2. The molecule has 1 fully saturated rings. The Morgan fingerprint density at radius 1 is 0.880 bits per heavy atom. The van der Waals surface area contributed by atoms with Crippen molar-refractivity contribution in [2.45, 2.75) is 32.6 Å². The first-order valence-electron chi connectivity index (χ1n) is 9.46. The van der Waals surface area contributed by atoms with E-state index in [2.05, 4.69) is 48.2 Å². The maximum Gasteiger partial charge on any atom is 0.253 e. The molecule has 0 bridgehead atoms. The fourth-order valence-corrected chi connectivity index (χ4v) is 3.38. The Hall–Kier alpha value is -2.29. The molecule has 0 radical (unpaired) electrons. The van der Waals surface area contributed by atoms with Crippen LogP contribution in [0.2, 0.25) is 0 Å². The van der Waals surface area contributed by atoms with Crippen LogP contribution in [-0.2, 0) is 6.42 Å². The number of nitrogens with zero attached hydrogens (tertiary/aromatic N) is 2. The number of unbranched alkanes of at least 4 members (excludes halogenated alkanes) is 2. The maximum absolute atomic E-state index is 12.7. The van der Waals surface area contributed by atoms with Crippen molar-refractivity contribution < 1.29 is 4.79 Å². The minimum absolute atomic E-state index is 0.160. The lowest BCUT2D eigenvalue weighted by Gasteiger charge is -2.36. The molecule has 3 heteroatoms. The van der Waals surface area contributed by atoms with Crippen LogP contribution in [0.1, 0.15) is 42.1 Å². The Morgan fingerprint density at radius 2 is 1.56 bits per heavy atom. The van der Waals surface area contributed by atoms with Crippen LogP contribution in [0.15, 0.2) is 54.6 Å². The van der Waals surface area contributed by atoms with Crippen LogP contribution in [0.4, 0.5) is 5.69 Å². The molecule has 0 aliphatic carbocycles. The minimum atomic E-state index is 0.160. The summed E-state index contributed by atoms with van der Waals surface area (Å²) in [5.74, 6) is 0.160. The van der Waals surface area contributed by atoms with E-state index >= 15 is 0 Å². The molecule has 2 aromatic carbocycles. The molecule has 3 nitrogen and oxygen atoms in total. The molecule has 1 aliphatic heterocycles. The first kappa shape index (κ1) is 17.5. The number of carbonyl (C=O) groups is 1. The SMILES string of the molecule is CCCCCc1ccc(C(=O)N2CCN(c3ccccc3)CC2)cc1. The van der Waals surface area contributed by atoms with Crippen molar-refractivity contribution in [1.29, 1.82) is 0 Å². The second kappa shape index (κ2) is 8.70. The number of piperazine rings is 1. The van der Waals surface area contributed by atoms with Crippen LogP contribution in [0.3, 0.4) is 0 Å². The lowest BCUT2D eigenvalue weighted by Crippen LogP contribution is -2.48. The maximum atomic E-state index is 12.7. The van der Waals surface area contributed by atoms with Crippen molar-refractivity contribution >= 4 is 11.6 Å². The van der Waals surface area contributed by atoms with E-state index in [1.54, 1.807) is 0 Å². The van der Waals surface area contributed by atoms with Crippen molar-refractivity contribution in [3.63, 3.8) is 0 Å². The Morgan fingerprint density at radius 3 is 2.20 bits per heavy atom. The van der Waals surface area contributed by atoms with Crippen molar-refractivity contribution in [2.24, 2.45) is 0 Å². The van der Waals surface area contributed by atoms with Gasteiger partial charge >= 0.3 is 0 Å². The van der Waals surface area contributed by atoms with Gasteiger partial charge in [0.1, 0.15) is 0 Å². The molecule has 0 unspecified atom stereocenters. The zero-order valence-corrected chi connectivity index (χ0v) is 15.2. The van der Waals surface area contributed by atoms with Gasteiger partial charge in [-0.3, -0.25) is 4.79 Å². The number of para-hydroxylation sites is 1. The second-order valence-corrected chi connectivity index (χ2v) is 6.77. The molecule has 0 atom stereocenters. The molecule has 1 heterocycles. The smallest absolute Gasteiger partial charge is 0.253 e. The van der Waals surface area contributed by atoms with E-state index in [-0.39, 0.29) is 5.91 Å². The molecule has 0 aromatic heterocycles. The van der Waals surface area contributed by atoms with Gasteiger partial charge in [-0.1, -0.05) is 50.1 Å². The normalized spacial score (nSPS) is 14.6. The summed E-state index contributed by atoms with van der Waals surface area (Å²) in [6.45, 7) is 5.58. The van der Waals surface area contributed by atoms with E-state index in [0.29, 0.717) is 0 Å². The van der Waals surface area contributed by atoms with Gasteiger partial charge in [-0.15, -0.1) is 0 Å². The first-order valence-corrected chi connectivity index (χ1v) is 9.46. The van der Waals surface area contributed by atoms with Crippen molar-refractivity contribution in [2.75, 3.05) is 31.1 Å². The van der Waals surface area contributed by atoms with Gasteiger partial charge in [0.25, 0.3) is 5.91 Å². The number of hydrogen-bond acceptors (Lipinski definition) is 2. The number of carbonyl (C=O) groups excluding carboxylic acids is 1. The standard InChI is InChI=1S/C22H28N2O/c1-2-3-5-8-19-11-13-20(14-12-19)22(25)24-17-15-23(16-18-24)21-9-6-4-7-10-21/h4,6-7,9-14H,2-3,5,8,15-18H2,1H3. The predicted octanol–water partition coefficient (Wildman–Crippen LogP) is 4.38. The van der Waals surface area contributed by atoms with Crippen LogP contribution in [0, 0.1) is 0 Å². The number of benzene rings is 2. The summed E-state index contributed by atoms with van der Waals surface area (Å²) in [5.41, 5.74) is 3.39. The minimum Gasteiger partial charge on any atom is -0.368 e. The Kier molecular flexibility index (Phi) is 6.10. The average molecular weight is 336 g/mol. The zero-order valence-electron chi connectivity index (χ0n) is 15.2. The number of anilines is 1. The van der Waals surface area contributed by atoms with E-state index in [1.165, 1.54) is 30.5 Å². The molecule has 0 saturated carbocycles. The summed E-state index contributed by atoms with van der Waals surface area (Å²) < 4.78 is 0. The fraction of sp³-hybridized carbons (Fsp3) is 0.409. The van der Waals surface area contributed by atoms with Gasteiger partial charge in [0.2, 0.25) is 0 Å². The second-order valence-electron chi connectivity index (χ2n) is 6.77. The summed E-state index contributed by atoms with van der Waals surface area (Å²) >= 11 is 0. The topological polar surface area (TPSA) is 23.6 Å². The number of hydrogen-bond donors (Lipinski definition) is 0. The van der Waals surface area contributed by atoms with Gasteiger partial charge in [0, 0.05) is 37.4 Å². The highest BCUT2D eigenvalue weighted by Gasteiger charge is 2.22. The van der Waals surface area contributed by atoms with Crippen LogP contribution < -0.4 is 4.90 Å². The van der Waals surface area contributed by atoms with Crippen LogP contribution in [-0.4, -0.2) is 37.0 Å². The van der Waals surface area contributed by atoms with Crippen molar-refractivity contribution in [3.05, 3.63) is 65.7 Å². The Bertz CT molecular complexity index is 658. The van der Waals surface area contributed by atoms with Gasteiger partial charge in [-0.2, -0.15) is 0 Å². The van der Waals surface area contributed by atoms with E-state index in [9.17, 15) is 4.79 Å². The summed E-state index contributed by atoms with van der Waals surface area (Å²) in [7, 11) is 0. The largest absolute Gasteiger partial charge is 0.368 e. The molecule has 1 amide bonds. The molecule has 0 spiro atoms. The van der Waals surface area contributed by atoms with E-state index in [0.717, 1.165) is 38.2 Å². The van der Waals surface area contributed by atoms with Gasteiger partial charge in [-0.05, 0) is 42.7 Å². The molecule has 132 valence electrons. The predicted molar refractivity (Wildman–Crippen MR) is 104 cm³/mol. The van der Waals surface area contributed by atoms with Gasteiger partial charge in [-0.25, -0.2) is 0 Å². The third-order valence-corrected chi connectivity index (χ3v) is 4.96. The molecule has 1 aliphatic rings. The first-order chi connectivity index (χ1) is 12.3. The molecular formula is C22H28N2O. The third kappa shape index (κ3) is 4.62. The van der Waals surface area contributed by atoms with Crippen LogP contribution in [0.25, 0.3) is 0 Å². The quantitative estimate of drug-likeness (QED) is 0.731. The van der Waals surface area contributed by atoms with E-state index in [1.807, 2.05) is 23.1 Å². The average Bonchev–Trinajstić information content (AvgIpc) is 2.69. The highest BCUT2D eigenvalue weighted by Crippen LogP contribution is 2.17.